The summed E-state index contributed by atoms with van der Waals surface area (Å²) >= 11 is 7.44. The average Bonchev–Trinajstić information content (AvgIpc) is 3.13. The minimum Gasteiger partial charge on any atom is -0.496 e. The standard InChI is InChI=1S/C21H20ClNO4S/c1-14-3-6-18(7-4-14)26-12-20-23-17(13-28-20)10-21(24)27-11-15-9-16(22)5-8-19(15)25-2/h3-9,13H,10-12H2,1-2H3. The maximum absolute atomic E-state index is 12.1. The second-order valence-electron chi connectivity index (χ2n) is 6.13. The third kappa shape index (κ3) is 5.71. The predicted octanol–water partition coefficient (Wildman–Crippen LogP) is 4.98. The van der Waals surface area contributed by atoms with Crippen molar-refractivity contribution in [3.63, 3.8) is 0 Å². The van der Waals surface area contributed by atoms with E-state index in [0.717, 1.165) is 10.8 Å². The van der Waals surface area contributed by atoms with E-state index in [1.54, 1.807) is 25.3 Å². The van der Waals surface area contributed by atoms with Crippen LogP contribution in [0.5, 0.6) is 11.5 Å². The molecule has 0 aliphatic rings. The highest BCUT2D eigenvalue weighted by Crippen LogP contribution is 2.23. The number of hydrogen-bond donors (Lipinski definition) is 0. The molecule has 0 radical (unpaired) electrons. The molecule has 3 aromatic rings. The van der Waals surface area contributed by atoms with E-state index in [0.29, 0.717) is 28.6 Å². The van der Waals surface area contributed by atoms with Crippen LogP contribution in [0.4, 0.5) is 0 Å². The van der Waals surface area contributed by atoms with E-state index < -0.39 is 0 Å². The molecule has 7 heteroatoms. The molecule has 146 valence electrons. The van der Waals surface area contributed by atoms with Crippen molar-refractivity contribution < 1.29 is 19.0 Å². The fraction of sp³-hybridized carbons (Fsp3) is 0.238. The minimum atomic E-state index is -0.363. The number of aromatic nitrogens is 1. The zero-order chi connectivity index (χ0) is 19.9. The Bertz CT molecular complexity index is 940. The normalized spacial score (nSPS) is 10.5. The van der Waals surface area contributed by atoms with Crippen LogP contribution in [-0.2, 0) is 29.2 Å². The summed E-state index contributed by atoms with van der Waals surface area (Å²) < 4.78 is 16.3. The molecule has 28 heavy (non-hydrogen) atoms. The van der Waals surface area contributed by atoms with Gasteiger partial charge in [0, 0.05) is 16.0 Å². The summed E-state index contributed by atoms with van der Waals surface area (Å²) in [6.45, 7) is 2.48. The molecule has 1 aromatic heterocycles. The molecule has 2 aromatic carbocycles. The predicted molar refractivity (Wildman–Crippen MR) is 109 cm³/mol. The summed E-state index contributed by atoms with van der Waals surface area (Å²) in [5.41, 5.74) is 2.56. The first-order valence-electron chi connectivity index (χ1n) is 8.64. The molecular formula is C21H20ClNO4S. The van der Waals surface area contributed by atoms with E-state index in [2.05, 4.69) is 4.98 Å². The summed E-state index contributed by atoms with van der Waals surface area (Å²) in [6.07, 6.45) is 0.101. The Kier molecular flexibility index (Phi) is 6.90. The first kappa shape index (κ1) is 20.2. The largest absolute Gasteiger partial charge is 0.496 e. The van der Waals surface area contributed by atoms with Gasteiger partial charge in [0.15, 0.2) is 0 Å². The first-order valence-corrected chi connectivity index (χ1v) is 9.90. The van der Waals surface area contributed by atoms with E-state index in [4.69, 9.17) is 25.8 Å². The molecule has 0 unspecified atom stereocenters. The van der Waals surface area contributed by atoms with Gasteiger partial charge in [-0.2, -0.15) is 0 Å². The van der Waals surface area contributed by atoms with Gasteiger partial charge in [0.05, 0.1) is 19.2 Å². The smallest absolute Gasteiger partial charge is 0.312 e. The number of thiazole rings is 1. The topological polar surface area (TPSA) is 57.7 Å². The number of halogens is 1. The Labute approximate surface area is 172 Å². The molecule has 5 nitrogen and oxygen atoms in total. The molecule has 0 fully saturated rings. The van der Waals surface area contributed by atoms with Gasteiger partial charge in [0.25, 0.3) is 0 Å². The first-order chi connectivity index (χ1) is 13.5. The molecule has 0 aliphatic carbocycles. The van der Waals surface area contributed by atoms with Gasteiger partial charge in [0.2, 0.25) is 0 Å². The number of esters is 1. The molecule has 0 amide bonds. The van der Waals surface area contributed by atoms with Gasteiger partial charge < -0.3 is 14.2 Å². The zero-order valence-electron chi connectivity index (χ0n) is 15.6. The highest BCUT2D eigenvalue weighted by molar-refractivity contribution is 7.09. The molecule has 0 saturated carbocycles. The number of benzene rings is 2. The van der Waals surface area contributed by atoms with Crippen LogP contribution >= 0.6 is 22.9 Å². The molecule has 0 N–H and O–H groups in total. The van der Waals surface area contributed by atoms with Crippen LogP contribution < -0.4 is 9.47 Å². The van der Waals surface area contributed by atoms with Crippen molar-refractivity contribution in [2.24, 2.45) is 0 Å². The molecule has 3 rings (SSSR count). The lowest BCUT2D eigenvalue weighted by molar-refractivity contribution is -0.144. The second-order valence-corrected chi connectivity index (χ2v) is 7.51. The Hall–Kier alpha value is -2.57. The summed E-state index contributed by atoms with van der Waals surface area (Å²) in [4.78, 5) is 16.6. The fourth-order valence-corrected chi connectivity index (χ4v) is 3.39. The average molecular weight is 418 g/mol. The number of carbonyl (C=O) groups is 1. The van der Waals surface area contributed by atoms with Crippen molar-refractivity contribution in [3.05, 3.63) is 74.7 Å². The number of methoxy groups -OCH3 is 1. The van der Waals surface area contributed by atoms with Gasteiger partial charge in [-0.15, -0.1) is 11.3 Å². The number of ether oxygens (including phenoxy) is 3. The number of aryl methyl sites for hydroxylation is 1. The lowest BCUT2D eigenvalue weighted by atomic mass is 10.2. The summed E-state index contributed by atoms with van der Waals surface area (Å²) in [5, 5.41) is 3.21. The van der Waals surface area contributed by atoms with E-state index in [-0.39, 0.29) is 19.0 Å². The fourth-order valence-electron chi connectivity index (χ4n) is 2.49. The number of nitrogens with zero attached hydrogens (tertiary/aromatic N) is 1. The van der Waals surface area contributed by atoms with E-state index in [1.165, 1.54) is 16.9 Å². The number of carbonyl (C=O) groups excluding carboxylic acids is 1. The van der Waals surface area contributed by atoms with Crippen molar-refractivity contribution in [3.8, 4) is 11.5 Å². The van der Waals surface area contributed by atoms with Crippen LogP contribution in [-0.4, -0.2) is 18.1 Å². The molecule has 1 heterocycles. The Balaban J connectivity index is 1.50. The van der Waals surface area contributed by atoms with Gasteiger partial charge >= 0.3 is 5.97 Å². The van der Waals surface area contributed by atoms with Gasteiger partial charge in [-0.25, -0.2) is 4.98 Å². The van der Waals surface area contributed by atoms with Crippen molar-refractivity contribution >= 4 is 28.9 Å². The quantitative estimate of drug-likeness (QED) is 0.484. The van der Waals surface area contributed by atoms with Crippen molar-refractivity contribution in [1.82, 2.24) is 4.98 Å². The van der Waals surface area contributed by atoms with Crippen LogP contribution in [0.3, 0.4) is 0 Å². The maximum atomic E-state index is 12.1. The summed E-state index contributed by atoms with van der Waals surface area (Å²) in [7, 11) is 1.56. The van der Waals surface area contributed by atoms with E-state index in [9.17, 15) is 4.79 Å². The maximum Gasteiger partial charge on any atom is 0.312 e. The molecular weight excluding hydrogens is 398 g/mol. The van der Waals surface area contributed by atoms with Crippen molar-refractivity contribution in [1.29, 1.82) is 0 Å². The number of rotatable bonds is 8. The van der Waals surface area contributed by atoms with Crippen LogP contribution in [0, 0.1) is 6.92 Å². The van der Waals surface area contributed by atoms with Crippen LogP contribution in [0.25, 0.3) is 0 Å². The van der Waals surface area contributed by atoms with Gasteiger partial charge in [-0.05, 0) is 37.3 Å². The molecule has 0 spiro atoms. The van der Waals surface area contributed by atoms with E-state index >= 15 is 0 Å². The van der Waals surface area contributed by atoms with Crippen LogP contribution in [0.2, 0.25) is 5.02 Å². The summed E-state index contributed by atoms with van der Waals surface area (Å²) in [5.74, 6) is 1.05. The van der Waals surface area contributed by atoms with Gasteiger partial charge in [-0.3, -0.25) is 4.79 Å². The Morgan fingerprint density at radius 1 is 1.14 bits per heavy atom. The Morgan fingerprint density at radius 2 is 1.93 bits per heavy atom. The van der Waals surface area contributed by atoms with Crippen LogP contribution in [0.15, 0.2) is 47.8 Å². The third-order valence-corrected chi connectivity index (χ3v) is 5.05. The highest BCUT2D eigenvalue weighted by atomic mass is 35.5. The van der Waals surface area contributed by atoms with E-state index in [1.807, 2.05) is 36.6 Å². The minimum absolute atomic E-state index is 0.0933. The lowest BCUT2D eigenvalue weighted by Gasteiger charge is -2.09. The summed E-state index contributed by atoms with van der Waals surface area (Å²) in [6, 6.07) is 13.0. The molecule has 0 bridgehead atoms. The van der Waals surface area contributed by atoms with Gasteiger partial charge in [0.1, 0.15) is 29.7 Å². The monoisotopic (exact) mass is 417 g/mol. The van der Waals surface area contributed by atoms with Crippen molar-refractivity contribution in [2.45, 2.75) is 26.6 Å². The molecule has 0 atom stereocenters. The highest BCUT2D eigenvalue weighted by Gasteiger charge is 2.12. The Morgan fingerprint density at radius 3 is 2.68 bits per heavy atom. The van der Waals surface area contributed by atoms with Crippen LogP contribution in [0.1, 0.15) is 21.8 Å². The number of hydrogen-bond acceptors (Lipinski definition) is 6. The van der Waals surface area contributed by atoms with Gasteiger partial charge in [-0.1, -0.05) is 29.3 Å². The SMILES string of the molecule is COc1ccc(Cl)cc1COC(=O)Cc1csc(COc2ccc(C)cc2)n1. The second kappa shape index (κ2) is 9.57. The third-order valence-electron chi connectivity index (χ3n) is 3.94. The molecule has 0 saturated heterocycles. The zero-order valence-corrected chi connectivity index (χ0v) is 17.2. The lowest BCUT2D eigenvalue weighted by Crippen LogP contribution is -2.09. The van der Waals surface area contributed by atoms with Crippen molar-refractivity contribution in [2.75, 3.05) is 7.11 Å². The molecule has 0 aliphatic heterocycles.